The number of nitrogens with zero attached hydrogens (tertiary/aromatic N) is 2. The summed E-state index contributed by atoms with van der Waals surface area (Å²) >= 11 is 0. The van der Waals surface area contributed by atoms with Crippen molar-refractivity contribution in [2.24, 2.45) is 28.6 Å². The number of fused-ring (bicyclic) bond motifs is 5. The number of benzene rings is 1. The molecule has 0 saturated heterocycles. The Hall–Kier alpha value is -5.92. The van der Waals surface area contributed by atoms with Crippen molar-refractivity contribution in [3.05, 3.63) is 73.9 Å². The first-order valence-corrected chi connectivity index (χ1v) is 19.8. The van der Waals surface area contributed by atoms with Gasteiger partial charge < -0.3 is 38.5 Å². The van der Waals surface area contributed by atoms with Gasteiger partial charge in [-0.1, -0.05) is 31.6 Å². The highest BCUT2D eigenvalue weighted by molar-refractivity contribution is 6.01. The van der Waals surface area contributed by atoms with Gasteiger partial charge >= 0.3 is 18.1 Å². The van der Waals surface area contributed by atoms with Crippen molar-refractivity contribution in [1.29, 1.82) is 0 Å². The van der Waals surface area contributed by atoms with E-state index in [0.29, 0.717) is 30.4 Å². The number of Topliss-reactive ketones (excluding diaryl/α,β-unsaturated/α-hetero) is 1. The van der Waals surface area contributed by atoms with Crippen LogP contribution in [-0.4, -0.2) is 95.9 Å². The van der Waals surface area contributed by atoms with Crippen LogP contribution in [0, 0.1) is 48.8 Å². The number of allylic oxidation sites excluding steroid dienone is 4. The molecule has 20 heteroatoms. The topological polar surface area (TPSA) is 256 Å². The number of alkyl halides is 1. The SMILES string of the molecule is COc1cc(/C=C/C(=O)OCCCCO[N+](=O)[O-])ccc1OC(=O)OCC(=O)[C@@]1(OC(=O)CCCO[N+](=O)[O-])[C@@H](C)CC2C3CCC4=CC(=O)C=C[C@]4(C)[C@@]3(F)[C@@H](O)C[C@@]21C. The third-order valence-corrected chi connectivity index (χ3v) is 12.7. The molecule has 1 N–H and O–H groups in total. The van der Waals surface area contributed by atoms with Crippen LogP contribution in [0.25, 0.3) is 6.08 Å². The van der Waals surface area contributed by atoms with Crippen molar-refractivity contribution in [1.82, 2.24) is 0 Å². The molecule has 0 spiro atoms. The van der Waals surface area contributed by atoms with E-state index in [1.807, 2.05) is 0 Å². The molecule has 4 aliphatic rings. The molecule has 8 atom stereocenters. The fourth-order valence-corrected chi connectivity index (χ4v) is 9.94. The molecular weight excluding hydrogens is 811 g/mol. The van der Waals surface area contributed by atoms with E-state index < -0.39 is 93.2 Å². The number of ether oxygens (including phenoxy) is 5. The monoisotopic (exact) mass is 860 g/mol. The van der Waals surface area contributed by atoms with Gasteiger partial charge in [0.25, 0.3) is 10.2 Å². The average Bonchev–Trinajstić information content (AvgIpc) is 3.42. The van der Waals surface area contributed by atoms with E-state index in [4.69, 9.17) is 23.7 Å². The molecule has 0 bridgehead atoms. The van der Waals surface area contributed by atoms with Crippen molar-refractivity contribution in [3.8, 4) is 11.5 Å². The largest absolute Gasteiger partial charge is 0.514 e. The predicted molar refractivity (Wildman–Crippen MR) is 206 cm³/mol. The van der Waals surface area contributed by atoms with Gasteiger partial charge in [0.1, 0.15) is 0 Å². The summed E-state index contributed by atoms with van der Waals surface area (Å²) in [7, 11) is 1.29. The quantitative estimate of drug-likeness (QED) is 0.0356. The molecule has 5 rings (SSSR count). The number of carbonyl (C=O) groups excluding carboxylic acids is 5. The molecule has 19 nitrogen and oxygen atoms in total. The Morgan fingerprint density at radius 2 is 1.67 bits per heavy atom. The molecule has 3 fully saturated rings. The third kappa shape index (κ3) is 9.23. The van der Waals surface area contributed by atoms with Gasteiger partial charge in [0.15, 0.2) is 35.2 Å². The minimum absolute atomic E-state index is 0.00933. The van der Waals surface area contributed by atoms with Gasteiger partial charge in [-0.2, -0.15) is 0 Å². The van der Waals surface area contributed by atoms with Crippen molar-refractivity contribution in [3.63, 3.8) is 0 Å². The fraction of sp³-hybridized carbons (Fsp3) is 0.585. The van der Waals surface area contributed by atoms with Crippen LogP contribution in [0.1, 0.15) is 77.7 Å². The Morgan fingerprint density at radius 3 is 2.36 bits per heavy atom. The number of halogens is 1. The number of aliphatic hydroxyl groups is 1. The number of hydrogen-bond acceptors (Lipinski definition) is 17. The van der Waals surface area contributed by atoms with Gasteiger partial charge in [0.05, 0.1) is 33.0 Å². The van der Waals surface area contributed by atoms with E-state index >= 15 is 4.39 Å². The Labute approximate surface area is 349 Å². The summed E-state index contributed by atoms with van der Waals surface area (Å²) in [5, 5.41) is 30.8. The van der Waals surface area contributed by atoms with Gasteiger partial charge in [-0.3, -0.25) is 14.4 Å². The normalized spacial score (nSPS) is 29.9. The van der Waals surface area contributed by atoms with E-state index in [-0.39, 0.29) is 62.6 Å². The number of rotatable bonds is 19. The molecule has 61 heavy (non-hydrogen) atoms. The van der Waals surface area contributed by atoms with Gasteiger partial charge in [-0.15, -0.1) is 20.2 Å². The van der Waals surface area contributed by atoms with E-state index in [1.54, 1.807) is 20.8 Å². The van der Waals surface area contributed by atoms with Crippen LogP contribution < -0.4 is 9.47 Å². The predicted octanol–water partition coefficient (Wildman–Crippen LogP) is 5.21. The summed E-state index contributed by atoms with van der Waals surface area (Å²) < 4.78 is 45.0. The molecule has 1 aromatic rings. The highest BCUT2D eigenvalue weighted by atomic mass is 19.1. The van der Waals surface area contributed by atoms with Crippen LogP contribution in [-0.2, 0) is 43.1 Å². The molecule has 0 amide bonds. The Balaban J connectivity index is 1.31. The van der Waals surface area contributed by atoms with Gasteiger partial charge in [-0.05, 0) is 93.7 Å². The summed E-state index contributed by atoms with van der Waals surface area (Å²) in [6.07, 6.45) is 4.24. The number of aliphatic hydroxyl groups excluding tert-OH is 1. The Bertz CT molecular complexity index is 2000. The van der Waals surface area contributed by atoms with Gasteiger partial charge in [0, 0.05) is 35.2 Å². The molecule has 1 aromatic carbocycles. The van der Waals surface area contributed by atoms with Gasteiger partial charge in [-0.25, -0.2) is 14.0 Å². The second-order valence-corrected chi connectivity index (χ2v) is 16.0. The first-order valence-electron chi connectivity index (χ1n) is 19.8. The summed E-state index contributed by atoms with van der Waals surface area (Å²) in [5.41, 5.74) is -6.05. The first-order chi connectivity index (χ1) is 28.8. The summed E-state index contributed by atoms with van der Waals surface area (Å²) in [4.78, 5) is 94.9. The lowest BCUT2D eigenvalue weighted by molar-refractivity contribution is -0.757. The van der Waals surface area contributed by atoms with E-state index in [2.05, 4.69) is 9.68 Å². The summed E-state index contributed by atoms with van der Waals surface area (Å²) in [6, 6.07) is 4.25. The molecular formula is C41H49FN2O17. The molecule has 0 aliphatic heterocycles. The van der Waals surface area contributed by atoms with Crippen LogP contribution in [0.15, 0.2) is 48.1 Å². The number of esters is 2. The number of ketones is 2. The molecule has 2 unspecified atom stereocenters. The zero-order valence-corrected chi connectivity index (χ0v) is 34.2. The maximum absolute atomic E-state index is 17.8. The minimum Gasteiger partial charge on any atom is -0.493 e. The fourth-order valence-electron chi connectivity index (χ4n) is 9.94. The van der Waals surface area contributed by atoms with Crippen LogP contribution in [0.4, 0.5) is 9.18 Å². The maximum atomic E-state index is 17.8. The van der Waals surface area contributed by atoms with Crippen LogP contribution in [0.5, 0.6) is 11.5 Å². The minimum atomic E-state index is -2.26. The Kier molecular flexibility index (Phi) is 14.2. The second kappa shape index (κ2) is 18.8. The first kappa shape index (κ1) is 46.2. The van der Waals surface area contributed by atoms with Crippen molar-refractivity contribution < 1.29 is 77.0 Å². The number of methoxy groups -OCH3 is 1. The van der Waals surface area contributed by atoms with Gasteiger partial charge in [0.2, 0.25) is 5.78 Å². The Morgan fingerprint density at radius 1 is 0.984 bits per heavy atom. The molecule has 0 aromatic heterocycles. The average molecular weight is 861 g/mol. The second-order valence-electron chi connectivity index (χ2n) is 16.0. The van der Waals surface area contributed by atoms with E-state index in [1.165, 1.54) is 49.6 Å². The van der Waals surface area contributed by atoms with E-state index in [9.17, 15) is 49.3 Å². The molecule has 0 heterocycles. The maximum Gasteiger partial charge on any atom is 0.514 e. The highest BCUT2D eigenvalue weighted by Gasteiger charge is 2.77. The summed E-state index contributed by atoms with van der Waals surface area (Å²) in [5.74, 6) is -5.08. The zero-order valence-electron chi connectivity index (χ0n) is 34.2. The van der Waals surface area contributed by atoms with Crippen LogP contribution in [0.2, 0.25) is 0 Å². The number of hydrogen-bond donors (Lipinski definition) is 1. The molecule has 4 aliphatic carbocycles. The standard InChI is InChI=1S/C41H49FN2O17/c1-25-20-30-29-12-11-27-22-28(45)15-16-38(27,2)40(29,42)33(46)23-39(30,3)41(25,61-36(49)8-7-19-59-44(53)54)34(47)24-57-37(50)60-31-13-9-26(21-32(31)55-4)10-14-35(48)56-17-5-6-18-58-43(51)52/h9-10,13-16,21-22,25,29-30,33,46H,5-8,11-12,17-20,23-24H2,1-4H3/b14-10+/t25-,29?,30?,33-,38-,39-,40-,41-/m0/s1. The number of unbranched alkanes of at least 4 members (excludes halogenated alkanes) is 1. The third-order valence-electron chi connectivity index (χ3n) is 12.7. The molecule has 0 radical (unpaired) electrons. The molecule has 332 valence electrons. The molecule has 3 saturated carbocycles. The lowest BCUT2D eigenvalue weighted by atomic mass is 9.44. The van der Waals surface area contributed by atoms with E-state index in [0.717, 1.165) is 6.08 Å². The van der Waals surface area contributed by atoms with Crippen molar-refractivity contribution >= 4 is 35.7 Å². The highest BCUT2D eigenvalue weighted by Crippen LogP contribution is 2.71. The van der Waals surface area contributed by atoms with Crippen LogP contribution >= 0.6 is 0 Å². The number of carbonyl (C=O) groups is 5. The summed E-state index contributed by atoms with van der Waals surface area (Å²) in [6.45, 7) is 3.44. The van der Waals surface area contributed by atoms with Crippen LogP contribution in [0.3, 0.4) is 0 Å². The lowest BCUT2D eigenvalue weighted by Gasteiger charge is -2.62. The lowest BCUT2D eigenvalue weighted by Crippen LogP contribution is -2.70. The van der Waals surface area contributed by atoms with Crippen molar-refractivity contribution in [2.45, 2.75) is 89.5 Å². The smallest absolute Gasteiger partial charge is 0.493 e. The van der Waals surface area contributed by atoms with Crippen molar-refractivity contribution in [2.75, 3.05) is 33.5 Å². The zero-order chi connectivity index (χ0) is 44.8.